The Morgan fingerprint density at radius 1 is 0.515 bits per heavy atom. The lowest BCUT2D eigenvalue weighted by Gasteiger charge is -2.12. The van der Waals surface area contributed by atoms with E-state index in [1.54, 1.807) is 6.07 Å². The van der Waals surface area contributed by atoms with Crippen molar-refractivity contribution in [3.8, 4) is 11.1 Å². The Hall–Kier alpha value is -3.00. The molecular formula is C28H19IO3S. The van der Waals surface area contributed by atoms with E-state index in [9.17, 15) is 8.42 Å². The van der Waals surface area contributed by atoms with Gasteiger partial charge >= 0.3 is 10.1 Å². The van der Waals surface area contributed by atoms with Gasteiger partial charge in [-0.05, 0) is 44.1 Å². The van der Waals surface area contributed by atoms with E-state index < -0.39 is 10.1 Å². The molecule has 0 N–H and O–H groups in total. The van der Waals surface area contributed by atoms with E-state index in [-0.39, 0.29) is 4.90 Å². The molecule has 0 aliphatic rings. The molecule has 0 saturated heterocycles. The fraction of sp³-hybridized carbons (Fsp3) is 0. The smallest absolute Gasteiger partial charge is 0.195 e. The van der Waals surface area contributed by atoms with Crippen molar-refractivity contribution < 1.29 is 10.9 Å². The second kappa shape index (κ2) is 9.09. The van der Waals surface area contributed by atoms with Crippen LogP contribution in [0.25, 0.3) is 43.4 Å². The molecule has 0 spiro atoms. The Balaban J connectivity index is 0.000000162. The first-order valence-electron chi connectivity index (χ1n) is 10.4. The molecule has 0 aromatic heterocycles. The molecule has 3 nitrogen and oxygen atoms in total. The van der Waals surface area contributed by atoms with Crippen molar-refractivity contribution in [1.29, 1.82) is 0 Å². The Morgan fingerprint density at radius 2 is 1.00 bits per heavy atom. The lowest BCUT2D eigenvalue weighted by Crippen LogP contribution is -2.01. The van der Waals surface area contributed by atoms with E-state index in [1.165, 1.54) is 34.1 Å². The van der Waals surface area contributed by atoms with Gasteiger partial charge in [-0.25, -0.2) is 0 Å². The summed E-state index contributed by atoms with van der Waals surface area (Å²) in [5, 5.41) is 6.01. The molecule has 6 aromatic carbocycles. The minimum Gasteiger partial charge on any atom is -0.195 e. The van der Waals surface area contributed by atoms with Crippen LogP contribution in [0.5, 0.6) is 0 Å². The first kappa shape index (κ1) is 21.8. The maximum Gasteiger partial charge on any atom is 0.306 e. The summed E-state index contributed by atoms with van der Waals surface area (Å²) in [5.74, 6) is 0. The van der Waals surface area contributed by atoms with Gasteiger partial charge in [0.25, 0.3) is 0 Å². The van der Waals surface area contributed by atoms with Gasteiger partial charge in [-0.1, -0.05) is 109 Å². The van der Waals surface area contributed by atoms with E-state index in [0.29, 0.717) is 5.39 Å². The largest absolute Gasteiger partial charge is 0.306 e. The highest BCUT2D eigenvalue weighted by atomic mass is 127. The van der Waals surface area contributed by atoms with Gasteiger partial charge in [-0.15, -0.1) is 0 Å². The molecule has 6 rings (SSSR count). The average molecular weight is 562 g/mol. The van der Waals surface area contributed by atoms with Crippen LogP contribution in [0.2, 0.25) is 0 Å². The van der Waals surface area contributed by atoms with Gasteiger partial charge < -0.3 is 0 Å². The SMILES string of the molecule is O=S(=O)(OI)c1ccc2ccc3cccc4ccc1c2c34.c1ccc(-c2ccccc2)cc1. The number of benzene rings is 6. The average Bonchev–Trinajstić information content (AvgIpc) is 2.88. The van der Waals surface area contributed by atoms with Gasteiger partial charge in [0.05, 0.1) is 0 Å². The lowest BCUT2D eigenvalue weighted by molar-refractivity contribution is 0.537. The Kier molecular flexibility index (Phi) is 6.01. The molecule has 0 aliphatic carbocycles. The van der Waals surface area contributed by atoms with Gasteiger partial charge in [-0.2, -0.15) is 10.9 Å². The van der Waals surface area contributed by atoms with Crippen LogP contribution in [0, 0.1) is 0 Å². The minimum absolute atomic E-state index is 0.211. The van der Waals surface area contributed by atoms with Crippen LogP contribution in [0.1, 0.15) is 0 Å². The quantitative estimate of drug-likeness (QED) is 0.162. The third-order valence-corrected chi connectivity index (χ3v) is 8.20. The molecule has 5 heteroatoms. The summed E-state index contributed by atoms with van der Waals surface area (Å²) in [4.78, 5) is 0.211. The lowest BCUT2D eigenvalue weighted by atomic mass is 9.94. The van der Waals surface area contributed by atoms with Crippen molar-refractivity contribution in [3.05, 3.63) is 115 Å². The highest BCUT2D eigenvalue weighted by Crippen LogP contribution is 2.37. The Bertz CT molecular complexity index is 1590. The van der Waals surface area contributed by atoms with Crippen LogP contribution >= 0.6 is 23.0 Å². The van der Waals surface area contributed by atoms with E-state index in [1.807, 2.05) is 54.6 Å². The third kappa shape index (κ3) is 4.19. The predicted octanol–water partition coefficient (Wildman–Crippen LogP) is 7.99. The molecule has 6 aromatic rings. The highest BCUT2D eigenvalue weighted by molar-refractivity contribution is 14.1. The summed E-state index contributed by atoms with van der Waals surface area (Å²) in [6.45, 7) is 0. The summed E-state index contributed by atoms with van der Waals surface area (Å²) in [6, 6.07) is 38.2. The van der Waals surface area contributed by atoms with Crippen molar-refractivity contribution >= 4 is 65.4 Å². The summed E-state index contributed by atoms with van der Waals surface area (Å²) in [6.07, 6.45) is 0. The predicted molar refractivity (Wildman–Crippen MR) is 144 cm³/mol. The third-order valence-electron chi connectivity index (χ3n) is 5.72. The molecule has 0 fully saturated rings. The number of hydrogen-bond donors (Lipinski definition) is 0. The van der Waals surface area contributed by atoms with Gasteiger partial charge in [0.15, 0.2) is 0 Å². The molecule has 0 heterocycles. The molecule has 0 amide bonds. The topological polar surface area (TPSA) is 43.4 Å². The van der Waals surface area contributed by atoms with Crippen LogP contribution in [0.3, 0.4) is 0 Å². The number of halogens is 1. The first-order chi connectivity index (χ1) is 16.1. The van der Waals surface area contributed by atoms with Gasteiger partial charge in [0.2, 0.25) is 0 Å². The zero-order valence-electron chi connectivity index (χ0n) is 17.5. The van der Waals surface area contributed by atoms with Crippen molar-refractivity contribution in [1.82, 2.24) is 0 Å². The van der Waals surface area contributed by atoms with E-state index in [2.05, 4.69) is 57.1 Å². The van der Waals surface area contributed by atoms with E-state index >= 15 is 0 Å². The van der Waals surface area contributed by atoms with Crippen molar-refractivity contribution in [2.24, 2.45) is 0 Å². The van der Waals surface area contributed by atoms with Crippen molar-refractivity contribution in [2.45, 2.75) is 4.90 Å². The molecule has 0 saturated carbocycles. The van der Waals surface area contributed by atoms with Crippen LogP contribution in [0.4, 0.5) is 0 Å². The number of rotatable bonds is 3. The van der Waals surface area contributed by atoms with E-state index in [0.717, 1.165) is 26.9 Å². The summed E-state index contributed by atoms with van der Waals surface area (Å²) < 4.78 is 28.9. The van der Waals surface area contributed by atoms with Gasteiger partial charge in [0, 0.05) is 5.39 Å². The molecule has 0 radical (unpaired) electrons. The zero-order valence-corrected chi connectivity index (χ0v) is 20.5. The Morgan fingerprint density at radius 3 is 1.55 bits per heavy atom. The summed E-state index contributed by atoms with van der Waals surface area (Å²) in [5.41, 5.74) is 2.55. The maximum atomic E-state index is 12.1. The zero-order chi connectivity index (χ0) is 22.8. The molecule has 33 heavy (non-hydrogen) atoms. The van der Waals surface area contributed by atoms with Gasteiger partial charge in [-0.3, -0.25) is 0 Å². The normalized spacial score (nSPS) is 11.5. The summed E-state index contributed by atoms with van der Waals surface area (Å²) in [7, 11) is -3.74. The van der Waals surface area contributed by atoms with Crippen LogP contribution in [-0.4, -0.2) is 8.42 Å². The van der Waals surface area contributed by atoms with Gasteiger partial charge in [0.1, 0.15) is 27.9 Å². The van der Waals surface area contributed by atoms with E-state index in [4.69, 9.17) is 0 Å². The second-order valence-electron chi connectivity index (χ2n) is 7.67. The first-order valence-corrected chi connectivity index (χ1v) is 12.7. The standard InChI is InChI=1S/C16H9IO3S.C12H10/c17-20-21(18,19)14-9-7-12-5-4-10-2-1-3-11-6-8-13(14)16(12)15(10)11;1-3-7-11(8-4-1)12-9-5-2-6-10-12/h1-9H;1-10H. The minimum atomic E-state index is -3.74. The van der Waals surface area contributed by atoms with Crippen LogP contribution < -0.4 is 0 Å². The molecule has 0 unspecified atom stereocenters. The molecule has 162 valence electrons. The Labute approximate surface area is 206 Å². The van der Waals surface area contributed by atoms with Crippen molar-refractivity contribution in [3.63, 3.8) is 0 Å². The molecule has 0 aliphatic heterocycles. The van der Waals surface area contributed by atoms with Crippen LogP contribution in [-0.2, 0) is 12.6 Å². The molecule has 0 atom stereocenters. The second-order valence-corrected chi connectivity index (χ2v) is 10.2. The van der Waals surface area contributed by atoms with Crippen molar-refractivity contribution in [2.75, 3.05) is 0 Å². The molecular weight excluding hydrogens is 543 g/mol. The fourth-order valence-electron chi connectivity index (χ4n) is 4.22. The van der Waals surface area contributed by atoms with Crippen LogP contribution in [0.15, 0.2) is 120 Å². The highest BCUT2D eigenvalue weighted by Gasteiger charge is 2.20. The fourth-order valence-corrected chi connectivity index (χ4v) is 5.54. The number of hydrogen-bond acceptors (Lipinski definition) is 3. The monoisotopic (exact) mass is 562 g/mol. The molecule has 0 bridgehead atoms. The maximum absolute atomic E-state index is 12.1. The summed E-state index contributed by atoms with van der Waals surface area (Å²) >= 11 is 1.41.